The van der Waals surface area contributed by atoms with Gasteiger partial charge in [-0.05, 0) is 34.1 Å². The van der Waals surface area contributed by atoms with Gasteiger partial charge in [0.15, 0.2) is 0 Å². The fourth-order valence-corrected chi connectivity index (χ4v) is 1.81. The number of methoxy groups -OCH3 is 1. The summed E-state index contributed by atoms with van der Waals surface area (Å²) in [5, 5.41) is 0. The molecule has 0 radical (unpaired) electrons. The van der Waals surface area contributed by atoms with Crippen LogP contribution < -0.4 is 9.64 Å². The van der Waals surface area contributed by atoms with Crippen molar-refractivity contribution in [1.82, 2.24) is 0 Å². The van der Waals surface area contributed by atoms with E-state index in [-0.39, 0.29) is 11.8 Å². The zero-order valence-corrected chi connectivity index (χ0v) is 10.8. The lowest BCUT2D eigenvalue weighted by Gasteiger charge is -2.16. The molecule has 1 aromatic rings. The van der Waals surface area contributed by atoms with Crippen molar-refractivity contribution in [1.29, 1.82) is 0 Å². The monoisotopic (exact) mass is 291 g/mol. The molecule has 3 nitrogen and oxygen atoms in total. The molecule has 0 fully saturated rings. The predicted molar refractivity (Wildman–Crippen MR) is 64.8 cm³/mol. The van der Waals surface area contributed by atoms with Gasteiger partial charge in [0, 0.05) is 12.7 Å². The molecule has 0 atom stereocenters. The summed E-state index contributed by atoms with van der Waals surface area (Å²) in [7, 11) is 3.27. The molecule has 0 saturated heterocycles. The molecule has 1 rings (SSSR count). The second-order valence-corrected chi connectivity index (χ2v) is 4.03. The Hall–Kier alpha value is -0.740. The van der Waals surface area contributed by atoms with E-state index in [2.05, 4.69) is 15.9 Å². The van der Waals surface area contributed by atoms with Crippen LogP contribution in [0.2, 0.25) is 0 Å². The van der Waals surface area contributed by atoms with Crippen molar-refractivity contribution in [3.63, 3.8) is 0 Å². The SMILES string of the molecule is COc1ccc(N(C)C(=O)CCl)cc1Br. The van der Waals surface area contributed by atoms with Crippen LogP contribution in [0.4, 0.5) is 5.69 Å². The van der Waals surface area contributed by atoms with Crippen LogP contribution in [0.5, 0.6) is 5.75 Å². The van der Waals surface area contributed by atoms with Gasteiger partial charge >= 0.3 is 0 Å². The van der Waals surface area contributed by atoms with Gasteiger partial charge in [0.25, 0.3) is 0 Å². The fraction of sp³-hybridized carbons (Fsp3) is 0.300. The lowest BCUT2D eigenvalue weighted by molar-refractivity contribution is -0.116. The summed E-state index contributed by atoms with van der Waals surface area (Å²) in [4.78, 5) is 12.8. The van der Waals surface area contributed by atoms with Gasteiger partial charge in [0.1, 0.15) is 11.6 Å². The van der Waals surface area contributed by atoms with Crippen molar-refractivity contribution in [3.8, 4) is 5.75 Å². The number of carbonyl (C=O) groups excluding carboxylic acids is 1. The van der Waals surface area contributed by atoms with E-state index in [0.717, 1.165) is 15.9 Å². The van der Waals surface area contributed by atoms with Crippen molar-refractivity contribution in [2.24, 2.45) is 0 Å². The predicted octanol–water partition coefficient (Wildman–Crippen LogP) is 2.66. The maximum atomic E-state index is 11.3. The second kappa shape index (κ2) is 5.37. The molecule has 1 amide bonds. The van der Waals surface area contributed by atoms with Gasteiger partial charge in [-0.3, -0.25) is 4.79 Å². The molecule has 0 aliphatic heterocycles. The topological polar surface area (TPSA) is 29.5 Å². The minimum absolute atomic E-state index is 0.0276. The maximum absolute atomic E-state index is 11.3. The van der Waals surface area contributed by atoms with E-state index in [0.29, 0.717) is 0 Å². The second-order valence-electron chi connectivity index (χ2n) is 2.91. The first-order valence-corrected chi connectivity index (χ1v) is 5.59. The zero-order chi connectivity index (χ0) is 11.4. The van der Waals surface area contributed by atoms with E-state index in [1.807, 2.05) is 6.07 Å². The molecule has 0 aromatic heterocycles. The Kier molecular flexibility index (Phi) is 4.42. The first-order valence-electron chi connectivity index (χ1n) is 4.26. The van der Waals surface area contributed by atoms with Gasteiger partial charge < -0.3 is 9.64 Å². The van der Waals surface area contributed by atoms with Gasteiger partial charge in [-0.25, -0.2) is 0 Å². The van der Waals surface area contributed by atoms with Crippen molar-refractivity contribution >= 4 is 39.1 Å². The van der Waals surface area contributed by atoms with Gasteiger partial charge in [0.05, 0.1) is 11.6 Å². The third-order valence-corrected chi connectivity index (χ3v) is 2.86. The normalized spacial score (nSPS) is 9.87. The lowest BCUT2D eigenvalue weighted by Crippen LogP contribution is -2.27. The molecule has 15 heavy (non-hydrogen) atoms. The summed E-state index contributed by atoms with van der Waals surface area (Å²) in [6, 6.07) is 5.40. The highest BCUT2D eigenvalue weighted by Gasteiger charge is 2.10. The molecule has 0 bridgehead atoms. The highest BCUT2D eigenvalue weighted by Crippen LogP contribution is 2.29. The van der Waals surface area contributed by atoms with E-state index in [1.165, 1.54) is 4.90 Å². The van der Waals surface area contributed by atoms with Gasteiger partial charge in [-0.2, -0.15) is 0 Å². The molecule has 1 aromatic carbocycles. The molecular weight excluding hydrogens is 281 g/mol. The number of benzene rings is 1. The van der Waals surface area contributed by atoms with E-state index < -0.39 is 0 Å². The van der Waals surface area contributed by atoms with Crippen molar-refractivity contribution in [2.75, 3.05) is 24.9 Å². The minimum Gasteiger partial charge on any atom is -0.496 e. The Balaban J connectivity index is 2.97. The average molecular weight is 293 g/mol. The van der Waals surface area contributed by atoms with E-state index in [1.54, 1.807) is 26.3 Å². The molecule has 0 aliphatic carbocycles. The molecular formula is C10H11BrClNO2. The number of hydrogen-bond donors (Lipinski definition) is 0. The lowest BCUT2D eigenvalue weighted by atomic mass is 10.3. The summed E-state index contributed by atoms with van der Waals surface area (Å²) < 4.78 is 5.89. The molecule has 0 N–H and O–H groups in total. The Bertz CT molecular complexity index is 370. The standard InChI is InChI=1S/C10H11BrClNO2/c1-13(10(14)6-12)7-3-4-9(15-2)8(11)5-7/h3-5H,6H2,1-2H3. The summed E-state index contributed by atoms with van der Waals surface area (Å²) in [5.41, 5.74) is 0.772. The van der Waals surface area contributed by atoms with Gasteiger partial charge in [-0.15, -0.1) is 11.6 Å². The van der Waals surface area contributed by atoms with Crippen LogP contribution in [0, 0.1) is 0 Å². The fourth-order valence-electron chi connectivity index (χ4n) is 1.10. The molecule has 5 heteroatoms. The third-order valence-electron chi connectivity index (χ3n) is 2.01. The molecule has 82 valence electrons. The van der Waals surface area contributed by atoms with Crippen LogP contribution in [0.1, 0.15) is 0 Å². The number of hydrogen-bond acceptors (Lipinski definition) is 2. The smallest absolute Gasteiger partial charge is 0.241 e. The molecule has 0 heterocycles. The van der Waals surface area contributed by atoms with Crippen molar-refractivity contribution < 1.29 is 9.53 Å². The Morgan fingerprint density at radius 2 is 2.27 bits per heavy atom. The third kappa shape index (κ3) is 2.86. The number of rotatable bonds is 3. The van der Waals surface area contributed by atoms with Crippen LogP contribution in [0.15, 0.2) is 22.7 Å². The number of nitrogens with zero attached hydrogens (tertiary/aromatic N) is 1. The number of anilines is 1. The van der Waals surface area contributed by atoms with E-state index in [4.69, 9.17) is 16.3 Å². The Morgan fingerprint density at radius 1 is 1.60 bits per heavy atom. The van der Waals surface area contributed by atoms with Crippen molar-refractivity contribution in [2.45, 2.75) is 0 Å². The summed E-state index contributed by atoms with van der Waals surface area (Å²) in [6.45, 7) is 0. The summed E-state index contributed by atoms with van der Waals surface area (Å²) in [6.07, 6.45) is 0. The first kappa shape index (κ1) is 12.3. The van der Waals surface area contributed by atoms with Crippen molar-refractivity contribution in [3.05, 3.63) is 22.7 Å². The number of halogens is 2. The summed E-state index contributed by atoms with van der Waals surface area (Å²) in [5.74, 6) is 0.555. The molecule has 0 unspecified atom stereocenters. The van der Waals surface area contributed by atoms with E-state index >= 15 is 0 Å². The number of amides is 1. The van der Waals surface area contributed by atoms with Crippen LogP contribution in [0.25, 0.3) is 0 Å². The molecule has 0 aliphatic rings. The van der Waals surface area contributed by atoms with Crippen LogP contribution in [0.3, 0.4) is 0 Å². The highest BCUT2D eigenvalue weighted by molar-refractivity contribution is 9.10. The number of carbonyl (C=O) groups is 1. The Morgan fingerprint density at radius 3 is 2.73 bits per heavy atom. The average Bonchev–Trinajstić information content (AvgIpc) is 2.26. The summed E-state index contributed by atoms with van der Waals surface area (Å²) >= 11 is 8.82. The molecule has 0 saturated carbocycles. The minimum atomic E-state index is -0.145. The Labute approximate surface area is 102 Å². The first-order chi connectivity index (χ1) is 7.10. The van der Waals surface area contributed by atoms with Crippen LogP contribution >= 0.6 is 27.5 Å². The van der Waals surface area contributed by atoms with Gasteiger partial charge in [0.2, 0.25) is 5.91 Å². The zero-order valence-electron chi connectivity index (χ0n) is 8.46. The molecule has 0 spiro atoms. The highest BCUT2D eigenvalue weighted by atomic mass is 79.9. The number of alkyl halides is 1. The van der Waals surface area contributed by atoms with Crippen LogP contribution in [-0.4, -0.2) is 25.9 Å². The van der Waals surface area contributed by atoms with Crippen LogP contribution in [-0.2, 0) is 4.79 Å². The largest absolute Gasteiger partial charge is 0.496 e. The van der Waals surface area contributed by atoms with Gasteiger partial charge in [-0.1, -0.05) is 0 Å². The van der Waals surface area contributed by atoms with E-state index in [9.17, 15) is 4.79 Å². The number of ether oxygens (including phenoxy) is 1. The quantitative estimate of drug-likeness (QED) is 0.802. The maximum Gasteiger partial charge on any atom is 0.241 e.